The summed E-state index contributed by atoms with van der Waals surface area (Å²) < 4.78 is 4.90. The number of hydrogen-bond donors (Lipinski definition) is 2. The highest BCUT2D eigenvalue weighted by atomic mass is 16.6. The maximum absolute atomic E-state index is 11.6. The monoisotopic (exact) mass is 241 g/mol. The van der Waals surface area contributed by atoms with E-state index in [2.05, 4.69) is 26.1 Å². The predicted octanol–water partition coefficient (Wildman–Crippen LogP) is 1.92. The van der Waals surface area contributed by atoms with E-state index in [1.165, 1.54) is 19.3 Å². The summed E-state index contributed by atoms with van der Waals surface area (Å²) in [5, 5.41) is 11.6. The van der Waals surface area contributed by atoms with Gasteiger partial charge in [-0.2, -0.15) is 0 Å². The number of aliphatic hydroxyl groups excluding tert-OH is 1. The number of carbonyl (C=O) groups excluding carboxylic acids is 1. The number of fused-ring (bicyclic) bond motifs is 2. The average Bonchev–Trinajstić information content (AvgIpc) is 2.73. The van der Waals surface area contributed by atoms with Gasteiger partial charge in [-0.15, -0.1) is 0 Å². The van der Waals surface area contributed by atoms with Gasteiger partial charge in [-0.1, -0.05) is 20.8 Å². The number of rotatable bonds is 3. The Morgan fingerprint density at radius 3 is 2.71 bits per heavy atom. The Hall–Kier alpha value is -0.770. The van der Waals surface area contributed by atoms with E-state index in [0.717, 1.165) is 0 Å². The summed E-state index contributed by atoms with van der Waals surface area (Å²) >= 11 is 0. The van der Waals surface area contributed by atoms with E-state index in [1.807, 2.05) is 0 Å². The van der Waals surface area contributed by atoms with Crippen molar-refractivity contribution in [2.45, 2.75) is 46.1 Å². The molecule has 0 aromatic carbocycles. The zero-order chi connectivity index (χ0) is 12.7. The van der Waals surface area contributed by atoms with Crippen LogP contribution in [-0.2, 0) is 4.74 Å². The highest BCUT2D eigenvalue weighted by molar-refractivity contribution is 5.68. The Morgan fingerprint density at radius 1 is 1.47 bits per heavy atom. The second-order valence-electron chi connectivity index (χ2n) is 6.35. The molecule has 17 heavy (non-hydrogen) atoms. The number of alkyl carbamates (subject to hydrolysis) is 1. The van der Waals surface area contributed by atoms with Crippen LogP contribution in [0.4, 0.5) is 4.79 Å². The molecule has 98 valence electrons. The molecular weight excluding hydrogens is 218 g/mol. The minimum absolute atomic E-state index is 0.0686. The molecule has 2 aliphatic rings. The molecule has 4 heteroatoms. The predicted molar refractivity (Wildman–Crippen MR) is 64.6 cm³/mol. The van der Waals surface area contributed by atoms with Crippen LogP contribution in [-0.4, -0.2) is 30.5 Å². The standard InChI is InChI=1S/C13H23NO3/c1-12(2)9-4-5-13(3,8-9)10(12)14-11(16)17-7-6-15/h9-10,15H,4-8H2,1-3H3,(H,14,16). The molecular formula is C13H23NO3. The second-order valence-corrected chi connectivity index (χ2v) is 6.35. The van der Waals surface area contributed by atoms with E-state index in [-0.39, 0.29) is 30.1 Å². The van der Waals surface area contributed by atoms with Crippen molar-refractivity contribution in [1.82, 2.24) is 5.32 Å². The number of ether oxygens (including phenoxy) is 1. The molecule has 0 aromatic rings. The first-order chi connectivity index (χ1) is 7.90. The first-order valence-corrected chi connectivity index (χ1v) is 6.44. The second kappa shape index (κ2) is 4.16. The molecule has 0 heterocycles. The van der Waals surface area contributed by atoms with Crippen molar-refractivity contribution in [2.75, 3.05) is 13.2 Å². The number of amides is 1. The minimum Gasteiger partial charge on any atom is -0.447 e. The Balaban J connectivity index is 2.02. The van der Waals surface area contributed by atoms with Crippen molar-refractivity contribution < 1.29 is 14.6 Å². The number of nitrogens with one attached hydrogen (secondary N) is 1. The molecule has 3 atom stereocenters. The average molecular weight is 241 g/mol. The molecule has 4 nitrogen and oxygen atoms in total. The van der Waals surface area contributed by atoms with Gasteiger partial charge < -0.3 is 15.2 Å². The molecule has 1 amide bonds. The van der Waals surface area contributed by atoms with Gasteiger partial charge >= 0.3 is 6.09 Å². The fraction of sp³-hybridized carbons (Fsp3) is 0.923. The summed E-state index contributed by atoms with van der Waals surface area (Å²) in [5.74, 6) is 0.704. The van der Waals surface area contributed by atoms with Gasteiger partial charge in [-0.25, -0.2) is 4.79 Å². The van der Waals surface area contributed by atoms with Crippen LogP contribution in [0.5, 0.6) is 0 Å². The smallest absolute Gasteiger partial charge is 0.407 e. The molecule has 0 aliphatic heterocycles. The van der Waals surface area contributed by atoms with E-state index in [9.17, 15) is 4.79 Å². The summed E-state index contributed by atoms with van der Waals surface area (Å²) in [6.45, 7) is 6.68. The molecule has 0 aromatic heterocycles. The van der Waals surface area contributed by atoms with E-state index in [0.29, 0.717) is 5.92 Å². The first kappa shape index (κ1) is 12.7. The lowest BCUT2D eigenvalue weighted by molar-refractivity contribution is 0.0783. The minimum atomic E-state index is -0.397. The Bertz CT molecular complexity index is 311. The summed E-state index contributed by atoms with van der Waals surface area (Å²) in [7, 11) is 0. The van der Waals surface area contributed by atoms with Crippen molar-refractivity contribution >= 4 is 6.09 Å². The lowest BCUT2D eigenvalue weighted by Gasteiger charge is -2.42. The molecule has 2 rings (SSSR count). The molecule has 0 saturated heterocycles. The van der Waals surface area contributed by atoms with Crippen molar-refractivity contribution in [2.24, 2.45) is 16.7 Å². The molecule has 2 aliphatic carbocycles. The molecule has 2 N–H and O–H groups in total. The maximum Gasteiger partial charge on any atom is 0.407 e. The van der Waals surface area contributed by atoms with Crippen LogP contribution in [0.1, 0.15) is 40.0 Å². The van der Waals surface area contributed by atoms with Crippen LogP contribution >= 0.6 is 0 Å². The molecule has 0 radical (unpaired) electrons. The van der Waals surface area contributed by atoms with Crippen LogP contribution in [0.3, 0.4) is 0 Å². The number of hydrogen-bond acceptors (Lipinski definition) is 3. The zero-order valence-electron chi connectivity index (χ0n) is 11.0. The third kappa shape index (κ3) is 2.03. The van der Waals surface area contributed by atoms with Crippen LogP contribution in [0, 0.1) is 16.7 Å². The zero-order valence-corrected chi connectivity index (χ0v) is 11.0. The van der Waals surface area contributed by atoms with Gasteiger partial charge in [-0.3, -0.25) is 0 Å². The molecule has 2 saturated carbocycles. The van der Waals surface area contributed by atoms with Gasteiger partial charge in [0.2, 0.25) is 0 Å². The van der Waals surface area contributed by atoms with Crippen LogP contribution < -0.4 is 5.32 Å². The van der Waals surface area contributed by atoms with Crippen molar-refractivity contribution in [3.05, 3.63) is 0 Å². The number of carbonyl (C=O) groups is 1. The first-order valence-electron chi connectivity index (χ1n) is 6.44. The van der Waals surface area contributed by atoms with Crippen LogP contribution in [0.25, 0.3) is 0 Å². The van der Waals surface area contributed by atoms with E-state index >= 15 is 0 Å². The summed E-state index contributed by atoms with van der Waals surface area (Å²) in [6, 6.07) is 0.181. The van der Waals surface area contributed by atoms with Crippen molar-refractivity contribution in [1.29, 1.82) is 0 Å². The Kier molecular flexibility index (Phi) is 3.10. The highest BCUT2D eigenvalue weighted by Gasteiger charge is 2.59. The van der Waals surface area contributed by atoms with Crippen molar-refractivity contribution in [3.8, 4) is 0 Å². The molecule has 3 unspecified atom stereocenters. The van der Waals surface area contributed by atoms with E-state index < -0.39 is 6.09 Å². The fourth-order valence-electron chi connectivity index (χ4n) is 3.96. The van der Waals surface area contributed by atoms with E-state index in [1.54, 1.807) is 0 Å². The third-order valence-electron chi connectivity index (χ3n) is 4.86. The fourth-order valence-corrected chi connectivity index (χ4v) is 3.96. The third-order valence-corrected chi connectivity index (χ3v) is 4.86. The summed E-state index contributed by atoms with van der Waals surface area (Å²) in [6.07, 6.45) is 3.26. The van der Waals surface area contributed by atoms with E-state index in [4.69, 9.17) is 9.84 Å². The molecule has 2 bridgehead atoms. The summed E-state index contributed by atoms with van der Waals surface area (Å²) in [4.78, 5) is 11.6. The Labute approximate surface area is 103 Å². The van der Waals surface area contributed by atoms with Gasteiger partial charge in [0.1, 0.15) is 6.61 Å². The molecule has 2 fully saturated rings. The van der Waals surface area contributed by atoms with Gasteiger partial charge in [0.15, 0.2) is 0 Å². The maximum atomic E-state index is 11.6. The SMILES string of the molecule is CC12CCC(C1)C(C)(C)C2NC(=O)OCCO. The number of aliphatic hydroxyl groups is 1. The van der Waals surface area contributed by atoms with Crippen LogP contribution in [0.15, 0.2) is 0 Å². The quantitative estimate of drug-likeness (QED) is 0.793. The van der Waals surface area contributed by atoms with Gasteiger partial charge in [0, 0.05) is 6.04 Å². The lowest BCUT2D eigenvalue weighted by Crippen LogP contribution is -2.52. The molecule has 0 spiro atoms. The Morgan fingerprint density at radius 2 is 2.18 bits per heavy atom. The van der Waals surface area contributed by atoms with Crippen LogP contribution in [0.2, 0.25) is 0 Å². The van der Waals surface area contributed by atoms with Gasteiger partial charge in [0.25, 0.3) is 0 Å². The summed E-state index contributed by atoms with van der Waals surface area (Å²) in [5.41, 5.74) is 0.359. The highest BCUT2D eigenvalue weighted by Crippen LogP contribution is 2.62. The topological polar surface area (TPSA) is 58.6 Å². The normalized spacial score (nSPS) is 38.1. The lowest BCUT2D eigenvalue weighted by atomic mass is 9.68. The van der Waals surface area contributed by atoms with Gasteiger partial charge in [0.05, 0.1) is 6.61 Å². The largest absolute Gasteiger partial charge is 0.447 e. The van der Waals surface area contributed by atoms with Gasteiger partial charge in [-0.05, 0) is 36.0 Å². The van der Waals surface area contributed by atoms with Crippen molar-refractivity contribution in [3.63, 3.8) is 0 Å².